The number of nitrogens with two attached hydrogens (primary N) is 2. The highest BCUT2D eigenvalue weighted by Gasteiger charge is 2.06. The molecule has 0 saturated heterocycles. The van der Waals surface area contributed by atoms with Crippen molar-refractivity contribution in [3.63, 3.8) is 0 Å². The second-order valence-electron chi connectivity index (χ2n) is 2.92. The van der Waals surface area contributed by atoms with Crippen LogP contribution in [0.5, 0.6) is 0 Å². The Hall–Kier alpha value is -0.450. The molecule has 72 valence electrons. The summed E-state index contributed by atoms with van der Waals surface area (Å²) in [6.45, 7) is 0.682. The van der Waals surface area contributed by atoms with Crippen LogP contribution in [0.3, 0.4) is 0 Å². The summed E-state index contributed by atoms with van der Waals surface area (Å²) in [7, 11) is 0. The first-order valence-corrected chi connectivity index (χ1v) is 5.11. The zero-order valence-electron chi connectivity index (χ0n) is 7.41. The number of rotatable bonds is 4. The molecule has 1 heterocycles. The summed E-state index contributed by atoms with van der Waals surface area (Å²) in [6, 6.07) is 5.76. The smallest absolute Gasteiger partial charge is 0.106 e. The van der Waals surface area contributed by atoms with Gasteiger partial charge in [0.15, 0.2) is 0 Å². The Kier molecular flexibility index (Phi) is 4.35. The topological polar surface area (TPSA) is 64.9 Å². The first-order chi connectivity index (χ1) is 6.24. The summed E-state index contributed by atoms with van der Waals surface area (Å²) in [5.41, 5.74) is 12.2. The van der Waals surface area contributed by atoms with Crippen LogP contribution < -0.4 is 11.5 Å². The first kappa shape index (κ1) is 10.6. The Morgan fingerprint density at radius 3 is 2.85 bits per heavy atom. The summed E-state index contributed by atoms with van der Waals surface area (Å²) < 4.78 is 0.827. The van der Waals surface area contributed by atoms with Gasteiger partial charge in [0.25, 0.3) is 0 Å². The molecule has 13 heavy (non-hydrogen) atoms. The van der Waals surface area contributed by atoms with E-state index in [2.05, 4.69) is 20.9 Å². The fourth-order valence-corrected chi connectivity index (χ4v) is 1.47. The van der Waals surface area contributed by atoms with Gasteiger partial charge in [-0.1, -0.05) is 6.07 Å². The molecule has 1 atom stereocenters. The minimum atomic E-state index is 0.000972. The summed E-state index contributed by atoms with van der Waals surface area (Å²) in [5.74, 6) is 0. The number of pyridine rings is 1. The van der Waals surface area contributed by atoms with Crippen molar-refractivity contribution in [2.24, 2.45) is 11.5 Å². The fourth-order valence-electron chi connectivity index (χ4n) is 1.12. The van der Waals surface area contributed by atoms with Crippen LogP contribution in [0.25, 0.3) is 0 Å². The second kappa shape index (κ2) is 5.32. The molecule has 0 fully saturated rings. The van der Waals surface area contributed by atoms with Crippen molar-refractivity contribution in [2.75, 3.05) is 6.54 Å². The highest BCUT2D eigenvalue weighted by Crippen LogP contribution is 2.15. The van der Waals surface area contributed by atoms with Crippen LogP contribution in [0.4, 0.5) is 0 Å². The molecule has 1 aromatic heterocycles. The molecule has 1 aromatic rings. The number of hydrogen-bond acceptors (Lipinski definition) is 3. The molecule has 0 saturated carbocycles. The third-order valence-electron chi connectivity index (χ3n) is 1.84. The number of halogens is 1. The highest BCUT2D eigenvalue weighted by atomic mass is 79.9. The molecule has 0 aliphatic carbocycles. The Balaban J connectivity index is 2.60. The lowest BCUT2D eigenvalue weighted by atomic mass is 10.1. The zero-order valence-corrected chi connectivity index (χ0v) is 9.00. The minimum absolute atomic E-state index is 0.000972. The number of aromatic nitrogens is 1. The summed E-state index contributed by atoms with van der Waals surface area (Å²) >= 11 is 3.31. The molecule has 0 radical (unpaired) electrons. The summed E-state index contributed by atoms with van der Waals surface area (Å²) in [4.78, 5) is 4.28. The Morgan fingerprint density at radius 2 is 2.23 bits per heavy atom. The lowest BCUT2D eigenvalue weighted by Gasteiger charge is -2.09. The number of hydrogen-bond donors (Lipinski definition) is 2. The average molecular weight is 244 g/mol. The SMILES string of the molecule is NCCC[C@H](N)c1cccc(Br)n1. The fraction of sp³-hybridized carbons (Fsp3) is 0.444. The van der Waals surface area contributed by atoms with Crippen LogP contribution in [0.2, 0.25) is 0 Å². The predicted molar refractivity (Wildman–Crippen MR) is 57.2 cm³/mol. The summed E-state index contributed by atoms with van der Waals surface area (Å²) in [6.07, 6.45) is 1.83. The van der Waals surface area contributed by atoms with Gasteiger partial charge in [-0.25, -0.2) is 4.98 Å². The first-order valence-electron chi connectivity index (χ1n) is 4.32. The molecule has 0 aromatic carbocycles. The van der Waals surface area contributed by atoms with Gasteiger partial charge in [-0.15, -0.1) is 0 Å². The van der Waals surface area contributed by atoms with E-state index in [0.717, 1.165) is 23.1 Å². The van der Waals surface area contributed by atoms with Crippen molar-refractivity contribution < 1.29 is 0 Å². The van der Waals surface area contributed by atoms with E-state index in [1.165, 1.54) is 0 Å². The van der Waals surface area contributed by atoms with Crippen molar-refractivity contribution >= 4 is 15.9 Å². The molecular weight excluding hydrogens is 230 g/mol. The van der Waals surface area contributed by atoms with E-state index in [0.29, 0.717) is 6.54 Å². The van der Waals surface area contributed by atoms with E-state index in [-0.39, 0.29) is 6.04 Å². The predicted octanol–water partition coefficient (Wildman–Crippen LogP) is 1.58. The van der Waals surface area contributed by atoms with Gasteiger partial charge in [-0.05, 0) is 47.4 Å². The van der Waals surface area contributed by atoms with Crippen LogP contribution in [0.1, 0.15) is 24.6 Å². The van der Waals surface area contributed by atoms with E-state index < -0.39 is 0 Å². The Morgan fingerprint density at radius 1 is 1.46 bits per heavy atom. The van der Waals surface area contributed by atoms with Gasteiger partial charge in [-0.3, -0.25) is 0 Å². The van der Waals surface area contributed by atoms with Gasteiger partial charge in [0.2, 0.25) is 0 Å². The molecular formula is C9H14BrN3. The van der Waals surface area contributed by atoms with Gasteiger partial charge in [0.1, 0.15) is 4.60 Å². The zero-order chi connectivity index (χ0) is 9.68. The van der Waals surface area contributed by atoms with Crippen molar-refractivity contribution in [3.8, 4) is 0 Å². The summed E-state index contributed by atoms with van der Waals surface area (Å²) in [5, 5.41) is 0. The van der Waals surface area contributed by atoms with Gasteiger partial charge in [0, 0.05) is 6.04 Å². The van der Waals surface area contributed by atoms with Gasteiger partial charge in [0.05, 0.1) is 5.69 Å². The molecule has 1 rings (SSSR count). The molecule has 0 spiro atoms. The highest BCUT2D eigenvalue weighted by molar-refractivity contribution is 9.10. The minimum Gasteiger partial charge on any atom is -0.330 e. The molecule has 0 amide bonds. The van der Waals surface area contributed by atoms with Crippen LogP contribution in [0.15, 0.2) is 22.8 Å². The monoisotopic (exact) mass is 243 g/mol. The van der Waals surface area contributed by atoms with Crippen LogP contribution in [0, 0.1) is 0 Å². The average Bonchev–Trinajstić information content (AvgIpc) is 2.14. The standard InChI is InChI=1S/C9H14BrN3/c10-9-5-1-4-8(13-9)7(12)3-2-6-11/h1,4-5,7H,2-3,6,11-12H2/t7-/m0/s1. The second-order valence-corrected chi connectivity index (χ2v) is 3.74. The van der Waals surface area contributed by atoms with Gasteiger partial charge in [-0.2, -0.15) is 0 Å². The maximum absolute atomic E-state index is 5.91. The van der Waals surface area contributed by atoms with Gasteiger partial charge >= 0.3 is 0 Å². The van der Waals surface area contributed by atoms with Crippen molar-refractivity contribution in [3.05, 3.63) is 28.5 Å². The molecule has 3 nitrogen and oxygen atoms in total. The van der Waals surface area contributed by atoms with E-state index in [1.54, 1.807) is 0 Å². The van der Waals surface area contributed by atoms with Gasteiger partial charge < -0.3 is 11.5 Å². The molecule has 0 bridgehead atoms. The van der Waals surface area contributed by atoms with Crippen molar-refractivity contribution in [1.82, 2.24) is 4.98 Å². The maximum atomic E-state index is 5.91. The van der Waals surface area contributed by atoms with Crippen LogP contribution >= 0.6 is 15.9 Å². The van der Waals surface area contributed by atoms with E-state index in [1.807, 2.05) is 18.2 Å². The lowest BCUT2D eigenvalue weighted by Crippen LogP contribution is -2.13. The van der Waals surface area contributed by atoms with E-state index in [9.17, 15) is 0 Å². The maximum Gasteiger partial charge on any atom is 0.106 e. The van der Waals surface area contributed by atoms with Crippen molar-refractivity contribution in [1.29, 1.82) is 0 Å². The van der Waals surface area contributed by atoms with Crippen LogP contribution in [-0.4, -0.2) is 11.5 Å². The quantitative estimate of drug-likeness (QED) is 0.790. The number of nitrogens with zero attached hydrogens (tertiary/aromatic N) is 1. The molecule has 4 heteroatoms. The molecule has 0 unspecified atom stereocenters. The van der Waals surface area contributed by atoms with Crippen LogP contribution in [-0.2, 0) is 0 Å². The molecule has 0 aliphatic rings. The molecule has 4 N–H and O–H groups in total. The third-order valence-corrected chi connectivity index (χ3v) is 2.28. The van der Waals surface area contributed by atoms with Crippen molar-refractivity contribution in [2.45, 2.75) is 18.9 Å². The van der Waals surface area contributed by atoms with E-state index in [4.69, 9.17) is 11.5 Å². The molecule has 0 aliphatic heterocycles. The lowest BCUT2D eigenvalue weighted by molar-refractivity contribution is 0.603. The Bertz CT molecular complexity index is 265. The normalized spacial score (nSPS) is 12.8. The largest absolute Gasteiger partial charge is 0.330 e. The Labute approximate surface area is 86.7 Å². The third kappa shape index (κ3) is 3.42. The van der Waals surface area contributed by atoms with E-state index >= 15 is 0 Å².